The van der Waals surface area contributed by atoms with Gasteiger partial charge in [0.05, 0.1) is 0 Å². The smallest absolute Gasteiger partial charge is 0.321 e. The van der Waals surface area contributed by atoms with E-state index in [1.165, 1.54) is 0 Å². The Morgan fingerprint density at radius 3 is 2.33 bits per heavy atom. The molecule has 1 aliphatic rings. The lowest BCUT2D eigenvalue weighted by molar-refractivity contribution is 0.117. The Labute approximate surface area is 161 Å². The summed E-state index contributed by atoms with van der Waals surface area (Å²) in [5, 5.41) is 2.98. The third-order valence-electron chi connectivity index (χ3n) is 5.17. The molecule has 0 radical (unpaired) electrons. The van der Waals surface area contributed by atoms with Gasteiger partial charge >= 0.3 is 6.03 Å². The lowest BCUT2D eigenvalue weighted by atomic mass is 10.2. The van der Waals surface area contributed by atoms with Gasteiger partial charge in [0, 0.05) is 37.9 Å². The first-order chi connectivity index (χ1) is 13.2. The number of carbonyl (C=O) groups excluding carboxylic acids is 1. The van der Waals surface area contributed by atoms with Crippen LogP contribution in [0.4, 0.5) is 10.5 Å². The molecule has 5 nitrogen and oxygen atoms in total. The largest absolute Gasteiger partial charge is 0.489 e. The van der Waals surface area contributed by atoms with E-state index < -0.39 is 0 Å². The summed E-state index contributed by atoms with van der Waals surface area (Å²) in [7, 11) is 0. The summed E-state index contributed by atoms with van der Waals surface area (Å²) in [6, 6.07) is 18.2. The van der Waals surface area contributed by atoms with Gasteiger partial charge in [-0.2, -0.15) is 0 Å². The molecule has 3 rings (SSSR count). The van der Waals surface area contributed by atoms with Crippen LogP contribution in [-0.4, -0.2) is 48.1 Å². The van der Waals surface area contributed by atoms with Crippen molar-refractivity contribution in [2.45, 2.75) is 32.9 Å². The van der Waals surface area contributed by atoms with Crippen LogP contribution in [0.1, 0.15) is 25.8 Å². The molecule has 27 heavy (non-hydrogen) atoms. The van der Waals surface area contributed by atoms with Gasteiger partial charge in [-0.15, -0.1) is 0 Å². The molecule has 0 aliphatic carbocycles. The van der Waals surface area contributed by atoms with Crippen molar-refractivity contribution in [1.29, 1.82) is 0 Å². The fourth-order valence-corrected chi connectivity index (χ4v) is 3.20. The quantitative estimate of drug-likeness (QED) is 0.832. The van der Waals surface area contributed by atoms with Crippen LogP contribution in [0.25, 0.3) is 0 Å². The zero-order valence-electron chi connectivity index (χ0n) is 16.2. The number of nitrogens with one attached hydrogen (secondary N) is 1. The molecule has 2 amide bonds. The van der Waals surface area contributed by atoms with Gasteiger partial charge in [-0.3, -0.25) is 4.90 Å². The maximum absolute atomic E-state index is 12.5. The molecule has 2 aromatic carbocycles. The van der Waals surface area contributed by atoms with Crippen molar-refractivity contribution >= 4 is 11.7 Å². The molecule has 0 bridgehead atoms. The van der Waals surface area contributed by atoms with E-state index in [0.717, 1.165) is 49.6 Å². The highest BCUT2D eigenvalue weighted by atomic mass is 16.5. The highest BCUT2D eigenvalue weighted by Crippen LogP contribution is 2.18. The summed E-state index contributed by atoms with van der Waals surface area (Å²) in [6.45, 7) is 8.41. The van der Waals surface area contributed by atoms with E-state index in [4.69, 9.17) is 4.74 Å². The number of ether oxygens (including phenoxy) is 1. The molecule has 1 N–H and O–H groups in total. The minimum absolute atomic E-state index is 0.0308. The molecule has 144 valence electrons. The summed E-state index contributed by atoms with van der Waals surface area (Å²) in [5.41, 5.74) is 1.92. The van der Waals surface area contributed by atoms with Gasteiger partial charge in [-0.25, -0.2) is 4.79 Å². The standard InChI is InChI=1S/C22H29N3O2/c1-3-18(2)24-13-15-25(16-14-24)22(26)23-20-9-11-21(12-10-20)27-17-19-7-5-4-6-8-19/h4-12,18H,3,13-17H2,1-2H3,(H,23,26). The van der Waals surface area contributed by atoms with Gasteiger partial charge < -0.3 is 15.0 Å². The fraction of sp³-hybridized carbons (Fsp3) is 0.409. The number of amides is 2. The molecule has 0 saturated carbocycles. The normalized spacial score (nSPS) is 16.0. The Balaban J connectivity index is 1.46. The van der Waals surface area contributed by atoms with Gasteiger partial charge in [0.15, 0.2) is 0 Å². The first kappa shape index (κ1) is 19.2. The lowest BCUT2D eigenvalue weighted by Gasteiger charge is -2.37. The Morgan fingerprint density at radius 2 is 1.70 bits per heavy atom. The van der Waals surface area contributed by atoms with Crippen LogP contribution in [0.2, 0.25) is 0 Å². The zero-order valence-corrected chi connectivity index (χ0v) is 16.2. The summed E-state index contributed by atoms with van der Waals surface area (Å²) in [6.07, 6.45) is 1.14. The molecule has 1 atom stereocenters. The van der Waals surface area contributed by atoms with E-state index in [0.29, 0.717) is 12.6 Å². The van der Waals surface area contributed by atoms with Crippen molar-refractivity contribution in [3.05, 3.63) is 60.2 Å². The van der Waals surface area contributed by atoms with Crippen LogP contribution < -0.4 is 10.1 Å². The second-order valence-electron chi connectivity index (χ2n) is 7.01. The van der Waals surface area contributed by atoms with Crippen molar-refractivity contribution in [3.63, 3.8) is 0 Å². The number of benzene rings is 2. The van der Waals surface area contributed by atoms with Crippen molar-refractivity contribution in [2.24, 2.45) is 0 Å². The minimum atomic E-state index is -0.0308. The van der Waals surface area contributed by atoms with E-state index in [9.17, 15) is 4.79 Å². The second-order valence-corrected chi connectivity index (χ2v) is 7.01. The average Bonchev–Trinajstić information content (AvgIpc) is 2.73. The minimum Gasteiger partial charge on any atom is -0.489 e. The third-order valence-corrected chi connectivity index (χ3v) is 5.17. The summed E-state index contributed by atoms with van der Waals surface area (Å²) < 4.78 is 5.78. The summed E-state index contributed by atoms with van der Waals surface area (Å²) in [4.78, 5) is 16.8. The predicted octanol–water partition coefficient (Wildman–Crippen LogP) is 4.21. The van der Waals surface area contributed by atoms with E-state index in [1.807, 2.05) is 59.5 Å². The van der Waals surface area contributed by atoms with Crippen LogP contribution in [0, 0.1) is 0 Å². The summed E-state index contributed by atoms with van der Waals surface area (Å²) in [5.74, 6) is 0.791. The molecule has 0 spiro atoms. The van der Waals surface area contributed by atoms with Crippen molar-refractivity contribution < 1.29 is 9.53 Å². The number of piperazine rings is 1. The van der Waals surface area contributed by atoms with Crippen molar-refractivity contribution in [2.75, 3.05) is 31.5 Å². The van der Waals surface area contributed by atoms with E-state index >= 15 is 0 Å². The molecular weight excluding hydrogens is 338 g/mol. The summed E-state index contributed by atoms with van der Waals surface area (Å²) >= 11 is 0. The Kier molecular flexibility index (Phi) is 6.71. The fourth-order valence-electron chi connectivity index (χ4n) is 3.20. The number of hydrogen-bond acceptors (Lipinski definition) is 3. The monoisotopic (exact) mass is 367 g/mol. The number of nitrogens with zero attached hydrogens (tertiary/aromatic N) is 2. The van der Waals surface area contributed by atoms with Crippen LogP contribution in [0.5, 0.6) is 5.75 Å². The molecule has 1 aliphatic heterocycles. The van der Waals surface area contributed by atoms with Crippen LogP contribution in [-0.2, 0) is 6.61 Å². The van der Waals surface area contributed by atoms with Crippen molar-refractivity contribution in [3.8, 4) is 5.75 Å². The Morgan fingerprint density at radius 1 is 1.04 bits per heavy atom. The maximum atomic E-state index is 12.5. The van der Waals surface area contributed by atoms with Gasteiger partial charge in [0.1, 0.15) is 12.4 Å². The first-order valence-electron chi connectivity index (χ1n) is 9.72. The molecule has 1 saturated heterocycles. The number of urea groups is 1. The molecule has 1 heterocycles. The van der Waals surface area contributed by atoms with E-state index in [-0.39, 0.29) is 6.03 Å². The molecule has 2 aromatic rings. The molecule has 0 aromatic heterocycles. The van der Waals surface area contributed by atoms with Gasteiger partial charge in [0.2, 0.25) is 0 Å². The SMILES string of the molecule is CCC(C)N1CCN(C(=O)Nc2ccc(OCc3ccccc3)cc2)CC1. The van der Waals surface area contributed by atoms with Crippen molar-refractivity contribution in [1.82, 2.24) is 9.80 Å². The molecular formula is C22H29N3O2. The molecule has 1 unspecified atom stereocenters. The lowest BCUT2D eigenvalue weighted by Crippen LogP contribution is -2.52. The number of hydrogen-bond donors (Lipinski definition) is 1. The third kappa shape index (κ3) is 5.47. The Hall–Kier alpha value is -2.53. The van der Waals surface area contributed by atoms with Gasteiger partial charge in [0.25, 0.3) is 0 Å². The zero-order chi connectivity index (χ0) is 19.1. The topological polar surface area (TPSA) is 44.8 Å². The van der Waals surface area contributed by atoms with Crippen LogP contribution >= 0.6 is 0 Å². The van der Waals surface area contributed by atoms with Crippen LogP contribution in [0.15, 0.2) is 54.6 Å². The molecule has 5 heteroatoms. The number of anilines is 1. The highest BCUT2D eigenvalue weighted by molar-refractivity contribution is 5.89. The van der Waals surface area contributed by atoms with Gasteiger partial charge in [-0.1, -0.05) is 37.3 Å². The average molecular weight is 367 g/mol. The van der Waals surface area contributed by atoms with Crippen LogP contribution in [0.3, 0.4) is 0 Å². The van der Waals surface area contributed by atoms with Gasteiger partial charge in [-0.05, 0) is 43.2 Å². The molecule has 1 fully saturated rings. The number of carbonyl (C=O) groups is 1. The van der Waals surface area contributed by atoms with E-state index in [2.05, 4.69) is 24.1 Å². The highest BCUT2D eigenvalue weighted by Gasteiger charge is 2.23. The second kappa shape index (κ2) is 9.42. The first-order valence-corrected chi connectivity index (χ1v) is 9.72. The van der Waals surface area contributed by atoms with E-state index in [1.54, 1.807) is 0 Å². The Bertz CT molecular complexity index is 710. The number of rotatable bonds is 6. The maximum Gasteiger partial charge on any atom is 0.321 e. The predicted molar refractivity (Wildman–Crippen MR) is 109 cm³/mol.